The Morgan fingerprint density at radius 2 is 2.50 bits per heavy atom. The fourth-order valence-electron chi connectivity index (χ4n) is 0.883. The molecule has 0 saturated heterocycles. The zero-order chi connectivity index (χ0) is 8.97. The highest BCUT2D eigenvalue weighted by molar-refractivity contribution is 5.03. The van der Waals surface area contributed by atoms with E-state index in [9.17, 15) is 0 Å². The number of oxazole rings is 1. The van der Waals surface area contributed by atoms with Gasteiger partial charge in [0, 0.05) is 18.9 Å². The summed E-state index contributed by atoms with van der Waals surface area (Å²) in [7, 11) is 0. The van der Waals surface area contributed by atoms with E-state index in [2.05, 4.69) is 4.98 Å². The molecule has 0 spiro atoms. The Bertz CT molecular complexity index is 235. The van der Waals surface area contributed by atoms with Crippen LogP contribution >= 0.6 is 0 Å². The minimum atomic E-state index is 0.0664. The fraction of sp³-hybridized carbons (Fsp3) is 0.625. The minimum absolute atomic E-state index is 0.0664. The van der Waals surface area contributed by atoms with Crippen LogP contribution in [-0.4, -0.2) is 23.2 Å². The van der Waals surface area contributed by atoms with Crippen molar-refractivity contribution in [3.8, 4) is 0 Å². The van der Waals surface area contributed by atoms with Crippen LogP contribution in [0.2, 0.25) is 0 Å². The molecule has 0 amide bonds. The fourth-order valence-corrected chi connectivity index (χ4v) is 0.883. The first kappa shape index (κ1) is 9.22. The van der Waals surface area contributed by atoms with Gasteiger partial charge in [0.05, 0.1) is 12.3 Å². The molecule has 1 heterocycles. The summed E-state index contributed by atoms with van der Waals surface area (Å²) in [6.45, 7) is 2.61. The van der Waals surface area contributed by atoms with Crippen LogP contribution in [-0.2, 0) is 6.42 Å². The molecular weight excluding hydrogens is 156 g/mol. The van der Waals surface area contributed by atoms with Crippen LogP contribution in [0.1, 0.15) is 24.4 Å². The van der Waals surface area contributed by atoms with Crippen LogP contribution in [0.25, 0.3) is 0 Å². The van der Waals surface area contributed by atoms with Crippen LogP contribution in [0.5, 0.6) is 0 Å². The Balaban J connectivity index is 2.63. The Kier molecular flexibility index (Phi) is 3.25. The quantitative estimate of drug-likeness (QED) is 0.680. The summed E-state index contributed by atoms with van der Waals surface area (Å²) in [6, 6.07) is 0. The van der Waals surface area contributed by atoms with E-state index >= 15 is 0 Å². The van der Waals surface area contributed by atoms with Gasteiger partial charge in [-0.3, -0.25) is 0 Å². The molecule has 1 atom stereocenters. The Morgan fingerprint density at radius 1 is 1.75 bits per heavy atom. The van der Waals surface area contributed by atoms with E-state index in [0.29, 0.717) is 18.9 Å². The average Bonchev–Trinajstić information content (AvgIpc) is 2.52. The van der Waals surface area contributed by atoms with Crippen molar-refractivity contribution in [3.05, 3.63) is 17.8 Å². The van der Waals surface area contributed by atoms with Gasteiger partial charge in [0.1, 0.15) is 6.26 Å². The lowest BCUT2D eigenvalue weighted by Gasteiger charge is -2.00. The van der Waals surface area contributed by atoms with Gasteiger partial charge >= 0.3 is 0 Å². The number of nitrogens with two attached hydrogens (primary N) is 1. The normalized spacial score (nSPS) is 13.2. The molecule has 1 unspecified atom stereocenters. The maximum atomic E-state index is 8.60. The highest BCUT2D eigenvalue weighted by atomic mass is 16.3. The van der Waals surface area contributed by atoms with Crippen molar-refractivity contribution in [2.24, 2.45) is 5.73 Å². The molecule has 0 aromatic carbocycles. The van der Waals surface area contributed by atoms with Crippen molar-refractivity contribution in [1.29, 1.82) is 0 Å². The van der Waals surface area contributed by atoms with Crippen molar-refractivity contribution in [3.63, 3.8) is 0 Å². The first-order chi connectivity index (χ1) is 5.77. The number of rotatable bonds is 4. The molecule has 12 heavy (non-hydrogen) atoms. The molecule has 0 radical (unpaired) electrons. The maximum Gasteiger partial charge on any atom is 0.196 e. The van der Waals surface area contributed by atoms with Gasteiger partial charge in [0.15, 0.2) is 5.89 Å². The molecule has 0 saturated carbocycles. The van der Waals surface area contributed by atoms with E-state index in [1.165, 1.54) is 0 Å². The molecule has 1 aromatic heterocycles. The van der Waals surface area contributed by atoms with Crippen molar-refractivity contribution in [1.82, 2.24) is 4.98 Å². The summed E-state index contributed by atoms with van der Waals surface area (Å²) in [5, 5.41) is 8.60. The summed E-state index contributed by atoms with van der Waals surface area (Å²) in [5.41, 5.74) is 6.32. The van der Waals surface area contributed by atoms with Gasteiger partial charge < -0.3 is 15.3 Å². The van der Waals surface area contributed by atoms with Crippen LogP contribution in [0.15, 0.2) is 10.7 Å². The third kappa shape index (κ3) is 2.06. The first-order valence-corrected chi connectivity index (χ1v) is 4.03. The molecule has 3 N–H and O–H groups in total. The number of hydrogen-bond acceptors (Lipinski definition) is 4. The largest absolute Gasteiger partial charge is 0.449 e. The predicted molar refractivity (Wildman–Crippen MR) is 44.8 cm³/mol. The number of aliphatic hydroxyl groups is 1. The Labute approximate surface area is 71.4 Å². The Hall–Kier alpha value is -0.870. The SMILES string of the molecule is CC(CN)c1coc(CCO)n1. The Morgan fingerprint density at radius 3 is 3.08 bits per heavy atom. The first-order valence-electron chi connectivity index (χ1n) is 4.03. The molecule has 4 nitrogen and oxygen atoms in total. The highest BCUT2D eigenvalue weighted by Gasteiger charge is 2.08. The summed E-state index contributed by atoms with van der Waals surface area (Å²) in [4.78, 5) is 4.16. The molecule has 0 bridgehead atoms. The topological polar surface area (TPSA) is 72.3 Å². The van der Waals surface area contributed by atoms with Gasteiger partial charge in [-0.15, -0.1) is 0 Å². The smallest absolute Gasteiger partial charge is 0.196 e. The van der Waals surface area contributed by atoms with E-state index < -0.39 is 0 Å². The summed E-state index contributed by atoms with van der Waals surface area (Å²) < 4.78 is 5.10. The number of aliphatic hydroxyl groups excluding tert-OH is 1. The minimum Gasteiger partial charge on any atom is -0.449 e. The van der Waals surface area contributed by atoms with E-state index in [-0.39, 0.29) is 12.5 Å². The number of aromatic nitrogens is 1. The van der Waals surface area contributed by atoms with Gasteiger partial charge in [-0.1, -0.05) is 6.92 Å². The third-order valence-electron chi connectivity index (χ3n) is 1.75. The van der Waals surface area contributed by atoms with Crippen molar-refractivity contribution < 1.29 is 9.52 Å². The third-order valence-corrected chi connectivity index (χ3v) is 1.75. The van der Waals surface area contributed by atoms with Gasteiger partial charge in [0.2, 0.25) is 0 Å². The van der Waals surface area contributed by atoms with Crippen molar-refractivity contribution in [2.45, 2.75) is 19.3 Å². The lowest BCUT2D eigenvalue weighted by atomic mass is 10.1. The van der Waals surface area contributed by atoms with Crippen LogP contribution in [0, 0.1) is 0 Å². The molecule has 4 heteroatoms. The lowest BCUT2D eigenvalue weighted by molar-refractivity contribution is 0.285. The molecule has 0 aliphatic carbocycles. The monoisotopic (exact) mass is 170 g/mol. The second kappa shape index (κ2) is 4.23. The summed E-state index contributed by atoms with van der Waals surface area (Å²) >= 11 is 0. The van der Waals surface area contributed by atoms with E-state index in [4.69, 9.17) is 15.3 Å². The maximum absolute atomic E-state index is 8.60. The zero-order valence-corrected chi connectivity index (χ0v) is 7.16. The molecule has 0 fully saturated rings. The van der Waals surface area contributed by atoms with Crippen LogP contribution < -0.4 is 5.73 Å². The van der Waals surface area contributed by atoms with Crippen molar-refractivity contribution in [2.75, 3.05) is 13.2 Å². The second-order valence-electron chi connectivity index (χ2n) is 2.78. The molecule has 68 valence electrons. The predicted octanol–water partition coefficient (Wildman–Crippen LogP) is 0.272. The number of hydrogen-bond donors (Lipinski definition) is 2. The van der Waals surface area contributed by atoms with Gasteiger partial charge in [0.25, 0.3) is 0 Å². The van der Waals surface area contributed by atoms with Gasteiger partial charge in [-0.2, -0.15) is 0 Å². The zero-order valence-electron chi connectivity index (χ0n) is 7.16. The lowest BCUT2D eigenvalue weighted by Crippen LogP contribution is -2.09. The molecule has 1 rings (SSSR count). The molecule has 0 aliphatic rings. The van der Waals surface area contributed by atoms with Crippen molar-refractivity contribution >= 4 is 0 Å². The average molecular weight is 170 g/mol. The van der Waals surface area contributed by atoms with E-state index in [1.54, 1.807) is 6.26 Å². The van der Waals surface area contributed by atoms with E-state index in [1.807, 2.05) is 6.92 Å². The van der Waals surface area contributed by atoms with Gasteiger partial charge in [-0.05, 0) is 0 Å². The second-order valence-corrected chi connectivity index (χ2v) is 2.78. The standard InChI is InChI=1S/C8H14N2O2/c1-6(4-9)7-5-12-8(10-7)2-3-11/h5-6,11H,2-4,9H2,1H3. The number of nitrogens with zero attached hydrogens (tertiary/aromatic N) is 1. The molecule has 0 aliphatic heterocycles. The summed E-state index contributed by atoms with van der Waals surface area (Å²) in [5.74, 6) is 0.800. The van der Waals surface area contributed by atoms with E-state index in [0.717, 1.165) is 5.69 Å². The van der Waals surface area contributed by atoms with Crippen LogP contribution in [0.4, 0.5) is 0 Å². The van der Waals surface area contributed by atoms with Crippen LogP contribution in [0.3, 0.4) is 0 Å². The van der Waals surface area contributed by atoms with Gasteiger partial charge in [-0.25, -0.2) is 4.98 Å². The molecular formula is C8H14N2O2. The highest BCUT2D eigenvalue weighted by Crippen LogP contribution is 2.12. The summed E-state index contributed by atoms with van der Waals surface area (Å²) in [6.07, 6.45) is 2.07. The molecule has 1 aromatic rings.